The zero-order chi connectivity index (χ0) is 12.8. The zero-order valence-electron chi connectivity index (χ0n) is 10.6. The fourth-order valence-electron chi connectivity index (χ4n) is 2.48. The predicted octanol–water partition coefficient (Wildman–Crippen LogP) is -1.03. The Morgan fingerprint density at radius 2 is 1.94 bits per heavy atom. The van der Waals surface area contributed by atoms with Crippen molar-refractivity contribution in [3.05, 3.63) is 0 Å². The van der Waals surface area contributed by atoms with Gasteiger partial charge in [0.2, 0.25) is 5.91 Å². The zero-order valence-corrected chi connectivity index (χ0v) is 10.6. The van der Waals surface area contributed by atoms with Gasteiger partial charge in [-0.25, -0.2) is 0 Å². The number of carbonyl (C=O) groups excluding carboxylic acids is 1. The molecule has 0 bridgehead atoms. The van der Waals surface area contributed by atoms with E-state index in [0.29, 0.717) is 0 Å². The van der Waals surface area contributed by atoms with Gasteiger partial charge in [-0.3, -0.25) is 10.1 Å². The van der Waals surface area contributed by atoms with E-state index >= 15 is 0 Å². The molecule has 17 heavy (non-hydrogen) atoms. The number of hydrogen-bond donors (Lipinski definition) is 3. The van der Waals surface area contributed by atoms with Crippen molar-refractivity contribution in [2.45, 2.75) is 57.0 Å². The quantitative estimate of drug-likeness (QED) is 0.550. The molecular weight excluding hydrogens is 224 g/mol. The van der Waals surface area contributed by atoms with Crippen LogP contribution >= 0.6 is 0 Å². The number of likely N-dealkylation sites (N-methyl/N-ethyl adjacent to an activating group) is 1. The van der Waals surface area contributed by atoms with Crippen LogP contribution in [0.2, 0.25) is 0 Å². The normalized spacial score (nSPS) is 44.2. The molecule has 2 aliphatic rings. The second kappa shape index (κ2) is 4.20. The molecule has 0 unspecified atom stereocenters. The van der Waals surface area contributed by atoms with Crippen molar-refractivity contribution >= 4 is 5.91 Å². The van der Waals surface area contributed by atoms with Crippen molar-refractivity contribution < 1.29 is 19.4 Å². The summed E-state index contributed by atoms with van der Waals surface area (Å²) < 4.78 is 11.4. The van der Waals surface area contributed by atoms with E-state index in [2.05, 4.69) is 10.6 Å². The first kappa shape index (κ1) is 12.8. The van der Waals surface area contributed by atoms with Gasteiger partial charge in [-0.2, -0.15) is 0 Å². The first-order valence-electron chi connectivity index (χ1n) is 5.87. The molecule has 0 aromatic heterocycles. The van der Waals surface area contributed by atoms with E-state index in [0.717, 1.165) is 0 Å². The highest BCUT2D eigenvalue weighted by molar-refractivity contribution is 5.82. The van der Waals surface area contributed by atoms with Crippen molar-refractivity contribution in [2.75, 3.05) is 7.05 Å². The van der Waals surface area contributed by atoms with Crippen molar-refractivity contribution in [2.24, 2.45) is 0 Å². The molecule has 0 aliphatic carbocycles. The van der Waals surface area contributed by atoms with Crippen LogP contribution in [0.4, 0.5) is 0 Å². The lowest BCUT2D eigenvalue weighted by atomic mass is 9.91. The maximum Gasteiger partial charge on any atom is 0.239 e. The lowest BCUT2D eigenvalue weighted by molar-refractivity contribution is -0.154. The molecule has 0 spiro atoms. The SMILES string of the molecule is CNC(=O)[C@@H]1N[C@H](C)[C@H](O)[C@H]2OC(C)(C)O[C@H]21. The van der Waals surface area contributed by atoms with E-state index in [9.17, 15) is 9.90 Å². The predicted molar refractivity (Wildman–Crippen MR) is 60.3 cm³/mol. The van der Waals surface area contributed by atoms with Crippen molar-refractivity contribution in [3.63, 3.8) is 0 Å². The molecule has 6 nitrogen and oxygen atoms in total. The standard InChI is InChI=1S/C11H20N2O4/c1-5-7(14)9-8(16-11(2,3)17-9)6(13-5)10(15)12-4/h5-9,13-14H,1-4H3,(H,12,15)/t5-,6-,7+,8+,9-/m1/s1. The van der Waals surface area contributed by atoms with Crippen LogP contribution in [-0.2, 0) is 14.3 Å². The van der Waals surface area contributed by atoms with E-state index in [4.69, 9.17) is 9.47 Å². The summed E-state index contributed by atoms with van der Waals surface area (Å²) in [5.74, 6) is -0.922. The molecule has 2 saturated heterocycles. The molecule has 98 valence electrons. The first-order chi connectivity index (χ1) is 7.85. The van der Waals surface area contributed by atoms with Crippen LogP contribution in [0.3, 0.4) is 0 Å². The van der Waals surface area contributed by atoms with E-state index < -0.39 is 30.1 Å². The third kappa shape index (κ3) is 2.18. The number of amides is 1. The van der Waals surface area contributed by atoms with Crippen LogP contribution in [0, 0.1) is 0 Å². The Bertz CT molecular complexity index is 321. The maximum absolute atomic E-state index is 11.8. The monoisotopic (exact) mass is 244 g/mol. The second-order valence-corrected chi connectivity index (χ2v) is 5.10. The van der Waals surface area contributed by atoms with Crippen LogP contribution in [0.1, 0.15) is 20.8 Å². The molecular formula is C11H20N2O4. The Kier molecular flexibility index (Phi) is 3.15. The topological polar surface area (TPSA) is 79.8 Å². The van der Waals surface area contributed by atoms with Gasteiger partial charge in [0.25, 0.3) is 0 Å². The minimum Gasteiger partial charge on any atom is -0.389 e. The molecule has 2 fully saturated rings. The Morgan fingerprint density at radius 3 is 2.53 bits per heavy atom. The number of hydrogen-bond acceptors (Lipinski definition) is 5. The molecule has 0 aromatic carbocycles. The van der Waals surface area contributed by atoms with Gasteiger partial charge in [0.15, 0.2) is 5.79 Å². The minimum absolute atomic E-state index is 0.153. The average Bonchev–Trinajstić information content (AvgIpc) is 2.58. The number of carbonyl (C=O) groups is 1. The van der Waals surface area contributed by atoms with Crippen LogP contribution in [0.15, 0.2) is 0 Å². The fraction of sp³-hybridized carbons (Fsp3) is 0.909. The summed E-state index contributed by atoms with van der Waals surface area (Å²) in [6.45, 7) is 5.39. The lowest BCUT2D eigenvalue weighted by Gasteiger charge is -2.38. The van der Waals surface area contributed by atoms with Crippen molar-refractivity contribution in [3.8, 4) is 0 Å². The summed E-state index contributed by atoms with van der Waals surface area (Å²) in [7, 11) is 1.58. The number of ether oxygens (including phenoxy) is 2. The smallest absolute Gasteiger partial charge is 0.239 e. The summed E-state index contributed by atoms with van der Waals surface area (Å²) in [6, 6.07) is -0.707. The van der Waals surface area contributed by atoms with E-state index in [1.54, 1.807) is 20.9 Å². The van der Waals surface area contributed by atoms with Crippen LogP contribution in [0.5, 0.6) is 0 Å². The summed E-state index contributed by atoms with van der Waals surface area (Å²) in [5.41, 5.74) is 0. The highest BCUT2D eigenvalue weighted by atomic mass is 16.8. The van der Waals surface area contributed by atoms with Gasteiger partial charge in [-0.1, -0.05) is 0 Å². The van der Waals surface area contributed by atoms with Gasteiger partial charge >= 0.3 is 0 Å². The van der Waals surface area contributed by atoms with Crippen LogP contribution in [-0.4, -0.2) is 54.2 Å². The van der Waals surface area contributed by atoms with E-state index in [-0.39, 0.29) is 11.9 Å². The summed E-state index contributed by atoms with van der Waals surface area (Å²) >= 11 is 0. The molecule has 0 aromatic rings. The summed E-state index contributed by atoms with van der Waals surface area (Å²) in [6.07, 6.45) is -1.61. The Balaban J connectivity index is 2.23. The van der Waals surface area contributed by atoms with Crippen LogP contribution in [0.25, 0.3) is 0 Å². The third-order valence-electron chi connectivity index (χ3n) is 3.31. The largest absolute Gasteiger partial charge is 0.389 e. The number of aliphatic hydroxyl groups is 1. The van der Waals surface area contributed by atoms with E-state index in [1.807, 2.05) is 6.92 Å². The molecule has 6 heteroatoms. The van der Waals surface area contributed by atoms with Gasteiger partial charge in [-0.15, -0.1) is 0 Å². The average molecular weight is 244 g/mol. The molecule has 2 rings (SSSR count). The van der Waals surface area contributed by atoms with Gasteiger partial charge < -0.3 is 19.9 Å². The third-order valence-corrected chi connectivity index (χ3v) is 3.31. The van der Waals surface area contributed by atoms with Gasteiger partial charge in [0.1, 0.15) is 18.2 Å². The van der Waals surface area contributed by atoms with Crippen LogP contribution < -0.4 is 10.6 Å². The Morgan fingerprint density at radius 1 is 1.35 bits per heavy atom. The lowest BCUT2D eigenvalue weighted by Crippen LogP contribution is -2.66. The molecule has 2 aliphatic heterocycles. The van der Waals surface area contributed by atoms with Gasteiger partial charge in [0, 0.05) is 13.1 Å². The van der Waals surface area contributed by atoms with Crippen molar-refractivity contribution in [1.29, 1.82) is 0 Å². The Labute approximate surface area is 101 Å². The minimum atomic E-state index is -0.770. The summed E-state index contributed by atoms with van der Waals surface area (Å²) in [4.78, 5) is 11.8. The summed E-state index contributed by atoms with van der Waals surface area (Å²) in [5, 5.41) is 15.7. The molecule has 5 atom stereocenters. The highest BCUT2D eigenvalue weighted by Gasteiger charge is 2.54. The van der Waals surface area contributed by atoms with Gasteiger partial charge in [-0.05, 0) is 20.8 Å². The molecule has 0 radical (unpaired) electrons. The number of rotatable bonds is 1. The van der Waals surface area contributed by atoms with Crippen molar-refractivity contribution in [1.82, 2.24) is 10.6 Å². The molecule has 3 N–H and O–H groups in total. The molecule has 2 heterocycles. The fourth-order valence-corrected chi connectivity index (χ4v) is 2.48. The Hall–Kier alpha value is -0.690. The second-order valence-electron chi connectivity index (χ2n) is 5.10. The van der Waals surface area contributed by atoms with Gasteiger partial charge in [0.05, 0.1) is 6.10 Å². The van der Waals surface area contributed by atoms with E-state index in [1.165, 1.54) is 0 Å². The maximum atomic E-state index is 11.8. The number of piperidine rings is 1. The number of fused-ring (bicyclic) bond motifs is 1. The highest BCUT2D eigenvalue weighted by Crippen LogP contribution is 2.35. The molecule has 1 amide bonds. The number of nitrogens with one attached hydrogen (secondary N) is 2. The molecule has 0 saturated carbocycles. The number of aliphatic hydroxyl groups excluding tert-OH is 1. The first-order valence-corrected chi connectivity index (χ1v) is 5.87.